The van der Waals surface area contributed by atoms with E-state index in [2.05, 4.69) is 0 Å². The maximum absolute atomic E-state index is 11.4. The first kappa shape index (κ1) is 11.9. The first-order valence-electron chi connectivity index (χ1n) is 4.47. The summed E-state index contributed by atoms with van der Waals surface area (Å²) in [5.41, 5.74) is 0.486. The van der Waals surface area contributed by atoms with E-state index in [-0.39, 0.29) is 18.0 Å². The summed E-state index contributed by atoms with van der Waals surface area (Å²) in [5, 5.41) is 0. The van der Waals surface area contributed by atoms with E-state index in [1.807, 2.05) is 0 Å². The first-order valence-corrected chi connectivity index (χ1v) is 6.02. The van der Waals surface area contributed by atoms with Crippen LogP contribution in [0.1, 0.15) is 23.7 Å². The third-order valence-corrected chi connectivity index (χ3v) is 2.85. The van der Waals surface area contributed by atoms with Crippen molar-refractivity contribution in [1.82, 2.24) is 0 Å². The van der Waals surface area contributed by atoms with Crippen LogP contribution in [0.4, 0.5) is 0 Å². The Morgan fingerprint density at radius 3 is 2.20 bits per heavy atom. The van der Waals surface area contributed by atoms with Gasteiger partial charge in [-0.2, -0.15) is 0 Å². The fraction of sp³-hybridized carbons (Fsp3) is 0.273. The highest BCUT2D eigenvalue weighted by Gasteiger charge is 2.10. The molecular formula is C11H12O3S. The monoisotopic (exact) mass is 224 g/mol. The molecule has 15 heavy (non-hydrogen) atoms. The van der Waals surface area contributed by atoms with Crippen molar-refractivity contribution in [2.75, 3.05) is 6.26 Å². The van der Waals surface area contributed by atoms with Gasteiger partial charge < -0.3 is 4.55 Å². The summed E-state index contributed by atoms with van der Waals surface area (Å²) in [6.07, 6.45) is 1.50. The first-order chi connectivity index (χ1) is 7.00. The summed E-state index contributed by atoms with van der Waals surface area (Å²) in [7, 11) is 0. The normalized spacial score (nSPS) is 12.2. The van der Waals surface area contributed by atoms with Gasteiger partial charge in [-0.1, -0.05) is 0 Å². The molecule has 0 saturated carbocycles. The van der Waals surface area contributed by atoms with Crippen molar-refractivity contribution in [3.63, 3.8) is 0 Å². The lowest BCUT2D eigenvalue weighted by Gasteiger charge is -2.04. The van der Waals surface area contributed by atoms with Crippen LogP contribution in [0.2, 0.25) is 0 Å². The Kier molecular flexibility index (Phi) is 4.05. The Balaban J connectivity index is 2.80. The van der Waals surface area contributed by atoms with Gasteiger partial charge in [-0.25, -0.2) is 0 Å². The van der Waals surface area contributed by atoms with Crippen molar-refractivity contribution in [2.45, 2.75) is 18.2 Å². The Morgan fingerprint density at radius 2 is 1.80 bits per heavy atom. The largest absolute Gasteiger partial charge is 0.612 e. The quantitative estimate of drug-likeness (QED) is 0.443. The van der Waals surface area contributed by atoms with E-state index in [1.165, 1.54) is 6.92 Å². The summed E-state index contributed by atoms with van der Waals surface area (Å²) in [4.78, 5) is 22.8. The minimum absolute atomic E-state index is 0.0748. The predicted octanol–water partition coefficient (Wildman–Crippen LogP) is 1.59. The highest BCUT2D eigenvalue weighted by atomic mass is 32.2. The number of Topliss-reactive ketones (excluding diaryl/α,β-unsaturated/α-hetero) is 2. The molecule has 1 atom stereocenters. The van der Waals surface area contributed by atoms with Crippen LogP contribution >= 0.6 is 0 Å². The maximum Gasteiger partial charge on any atom is 0.170 e. The minimum atomic E-state index is -1.04. The second-order valence-electron chi connectivity index (χ2n) is 3.28. The molecule has 0 N–H and O–H groups in total. The highest BCUT2D eigenvalue weighted by molar-refractivity contribution is 7.90. The molecule has 0 aliphatic rings. The van der Waals surface area contributed by atoms with E-state index in [4.69, 9.17) is 0 Å². The number of ketones is 2. The molecule has 1 aromatic rings. The highest BCUT2D eigenvalue weighted by Crippen LogP contribution is 2.11. The van der Waals surface area contributed by atoms with Gasteiger partial charge in [0.25, 0.3) is 0 Å². The predicted molar refractivity (Wildman–Crippen MR) is 58.4 cm³/mol. The van der Waals surface area contributed by atoms with Crippen LogP contribution in [-0.2, 0) is 16.0 Å². The van der Waals surface area contributed by atoms with Gasteiger partial charge in [0.15, 0.2) is 10.7 Å². The lowest BCUT2D eigenvalue weighted by atomic mass is 10.1. The summed E-state index contributed by atoms with van der Waals surface area (Å²) in [6, 6.07) is 6.48. The maximum atomic E-state index is 11.4. The van der Waals surface area contributed by atoms with Crippen molar-refractivity contribution in [3.8, 4) is 0 Å². The van der Waals surface area contributed by atoms with Crippen molar-refractivity contribution >= 4 is 22.7 Å². The molecule has 0 aliphatic carbocycles. The number of carbonyl (C=O) groups is 2. The van der Waals surface area contributed by atoms with E-state index in [1.54, 1.807) is 30.5 Å². The zero-order valence-electron chi connectivity index (χ0n) is 8.65. The molecule has 0 amide bonds. The summed E-state index contributed by atoms with van der Waals surface area (Å²) in [5.74, 6) is -0.348. The van der Waals surface area contributed by atoms with Crippen LogP contribution in [0.3, 0.4) is 0 Å². The average molecular weight is 224 g/mol. The molecule has 80 valence electrons. The van der Waals surface area contributed by atoms with Crippen LogP contribution < -0.4 is 0 Å². The van der Waals surface area contributed by atoms with Crippen LogP contribution in [0.15, 0.2) is 29.2 Å². The molecule has 0 radical (unpaired) electrons. The Hall–Kier alpha value is -1.13. The lowest BCUT2D eigenvalue weighted by Crippen LogP contribution is -2.05. The molecule has 3 nitrogen and oxygen atoms in total. The molecule has 0 aliphatic heterocycles. The molecule has 0 saturated heterocycles. The van der Waals surface area contributed by atoms with Gasteiger partial charge in [0.2, 0.25) is 0 Å². The smallest absolute Gasteiger partial charge is 0.170 e. The lowest BCUT2D eigenvalue weighted by molar-refractivity contribution is -0.116. The number of benzene rings is 1. The molecule has 0 aromatic heterocycles. The number of carbonyl (C=O) groups excluding carboxylic acids is 2. The minimum Gasteiger partial charge on any atom is -0.612 e. The Labute approximate surface area is 91.7 Å². The second kappa shape index (κ2) is 5.09. The topological polar surface area (TPSA) is 57.2 Å². The van der Waals surface area contributed by atoms with E-state index < -0.39 is 11.2 Å². The van der Waals surface area contributed by atoms with Gasteiger partial charge in [0.05, 0.1) is 6.42 Å². The van der Waals surface area contributed by atoms with Crippen molar-refractivity contribution in [2.24, 2.45) is 0 Å². The SMILES string of the molecule is CC(=O)CC(=O)c1ccc([S+](C)[O-])cc1. The fourth-order valence-corrected chi connectivity index (χ4v) is 1.68. The van der Waals surface area contributed by atoms with Gasteiger partial charge in [-0.05, 0) is 42.4 Å². The molecule has 1 rings (SSSR count). The standard InChI is InChI=1S/C11H12O3S/c1-8(12)7-11(13)9-3-5-10(6-4-9)15(2)14/h3-6H,7H2,1-2H3. The fourth-order valence-electron chi connectivity index (χ4n) is 1.16. The van der Waals surface area contributed by atoms with E-state index in [0.29, 0.717) is 10.5 Å². The van der Waals surface area contributed by atoms with Gasteiger partial charge in [-0.3, -0.25) is 9.59 Å². The van der Waals surface area contributed by atoms with Gasteiger partial charge in [0.1, 0.15) is 12.0 Å². The molecule has 0 heterocycles. The number of rotatable bonds is 4. The number of hydrogen-bond donors (Lipinski definition) is 0. The van der Waals surface area contributed by atoms with Crippen molar-refractivity contribution in [1.29, 1.82) is 0 Å². The molecule has 1 aromatic carbocycles. The van der Waals surface area contributed by atoms with Gasteiger partial charge in [-0.15, -0.1) is 0 Å². The zero-order chi connectivity index (χ0) is 11.4. The van der Waals surface area contributed by atoms with Crippen LogP contribution in [0, 0.1) is 0 Å². The average Bonchev–Trinajstić information content (AvgIpc) is 2.17. The number of hydrogen-bond acceptors (Lipinski definition) is 3. The zero-order valence-corrected chi connectivity index (χ0v) is 9.47. The molecule has 4 heteroatoms. The van der Waals surface area contributed by atoms with E-state index >= 15 is 0 Å². The summed E-state index contributed by atoms with van der Waals surface area (Å²) in [6.45, 7) is 1.38. The van der Waals surface area contributed by atoms with Crippen LogP contribution in [0.25, 0.3) is 0 Å². The Bertz CT molecular complexity index is 368. The van der Waals surface area contributed by atoms with E-state index in [0.717, 1.165) is 0 Å². The molecule has 0 fully saturated rings. The van der Waals surface area contributed by atoms with Crippen LogP contribution in [0.5, 0.6) is 0 Å². The van der Waals surface area contributed by atoms with Crippen LogP contribution in [-0.4, -0.2) is 22.4 Å². The third-order valence-electron chi connectivity index (χ3n) is 1.92. The summed E-state index contributed by atoms with van der Waals surface area (Å²) < 4.78 is 11.1. The molecule has 0 spiro atoms. The second-order valence-corrected chi connectivity index (χ2v) is 4.66. The summed E-state index contributed by atoms with van der Waals surface area (Å²) >= 11 is -1.04. The molecular weight excluding hydrogens is 212 g/mol. The van der Waals surface area contributed by atoms with Gasteiger partial charge in [0, 0.05) is 5.56 Å². The molecule has 1 unspecified atom stereocenters. The van der Waals surface area contributed by atoms with E-state index in [9.17, 15) is 14.1 Å². The van der Waals surface area contributed by atoms with Crippen molar-refractivity contribution < 1.29 is 14.1 Å². The van der Waals surface area contributed by atoms with Crippen molar-refractivity contribution in [3.05, 3.63) is 29.8 Å². The Morgan fingerprint density at radius 1 is 1.27 bits per heavy atom. The van der Waals surface area contributed by atoms with Gasteiger partial charge >= 0.3 is 0 Å². The molecule has 0 bridgehead atoms. The third kappa shape index (κ3) is 3.49.